The highest BCUT2D eigenvalue weighted by Crippen LogP contribution is 2.39. The van der Waals surface area contributed by atoms with Gasteiger partial charge in [0.25, 0.3) is 0 Å². The maximum absolute atomic E-state index is 11.1. The van der Waals surface area contributed by atoms with Crippen LogP contribution in [0.3, 0.4) is 0 Å². The molecule has 1 atom stereocenters. The molecule has 0 radical (unpaired) electrons. The van der Waals surface area contributed by atoms with Crippen molar-refractivity contribution in [3.05, 3.63) is 60.3 Å². The minimum Gasteiger partial charge on any atom is -0.366 e. The Morgan fingerprint density at radius 1 is 1.24 bits per heavy atom. The zero-order chi connectivity index (χ0) is 14.7. The number of pyridine rings is 1. The van der Waals surface area contributed by atoms with Crippen molar-refractivity contribution in [1.82, 2.24) is 9.88 Å². The largest absolute Gasteiger partial charge is 0.366 e. The van der Waals surface area contributed by atoms with Gasteiger partial charge in [-0.15, -0.1) is 0 Å². The highest BCUT2D eigenvalue weighted by molar-refractivity contribution is 8.14. The van der Waals surface area contributed by atoms with Crippen LogP contribution in [0.2, 0.25) is 0 Å². The lowest BCUT2D eigenvalue weighted by molar-refractivity contribution is -0.0452. The minimum atomic E-state index is -1.01. The van der Waals surface area contributed by atoms with E-state index in [0.29, 0.717) is 18.1 Å². The lowest BCUT2D eigenvalue weighted by Gasteiger charge is -2.33. The van der Waals surface area contributed by atoms with E-state index in [4.69, 9.17) is 0 Å². The fourth-order valence-corrected chi connectivity index (χ4v) is 3.68. The van der Waals surface area contributed by atoms with Crippen LogP contribution >= 0.6 is 11.8 Å². The van der Waals surface area contributed by atoms with Crippen molar-refractivity contribution in [3.63, 3.8) is 0 Å². The number of aliphatic imine (C=N–C) groups is 1. The predicted octanol–water partition coefficient (Wildman–Crippen LogP) is 2.98. The molecule has 1 aromatic heterocycles. The second-order valence-corrected chi connectivity index (χ2v) is 5.74. The summed E-state index contributed by atoms with van der Waals surface area (Å²) in [4.78, 5) is 10.7. The van der Waals surface area contributed by atoms with Crippen LogP contribution in [-0.4, -0.2) is 32.5 Å². The summed E-state index contributed by atoms with van der Waals surface area (Å²) in [5.74, 6) is 1.23. The first-order valence-corrected chi connectivity index (χ1v) is 7.90. The van der Waals surface area contributed by atoms with E-state index in [1.54, 1.807) is 18.0 Å². The van der Waals surface area contributed by atoms with E-state index in [-0.39, 0.29) is 0 Å². The molecule has 0 spiro atoms. The smallest absolute Gasteiger partial charge is 0.175 e. The number of hydrogen-bond donors (Lipinski definition) is 1. The molecule has 0 aliphatic carbocycles. The number of hydrogen-bond acceptors (Lipinski definition) is 4. The van der Waals surface area contributed by atoms with E-state index in [0.717, 1.165) is 10.7 Å². The van der Waals surface area contributed by atoms with E-state index in [2.05, 4.69) is 9.98 Å². The van der Waals surface area contributed by atoms with E-state index >= 15 is 0 Å². The van der Waals surface area contributed by atoms with Crippen molar-refractivity contribution < 1.29 is 5.11 Å². The number of benzene rings is 1. The van der Waals surface area contributed by atoms with Crippen molar-refractivity contribution in [2.75, 3.05) is 12.3 Å². The van der Waals surface area contributed by atoms with Gasteiger partial charge in [0.2, 0.25) is 0 Å². The summed E-state index contributed by atoms with van der Waals surface area (Å²) < 4.78 is 0. The Kier molecular flexibility index (Phi) is 3.94. The zero-order valence-corrected chi connectivity index (χ0v) is 12.6. The lowest BCUT2D eigenvalue weighted by atomic mass is 10.0. The summed E-state index contributed by atoms with van der Waals surface area (Å²) in [6, 6.07) is 15.4. The van der Waals surface area contributed by atoms with Gasteiger partial charge in [-0.2, -0.15) is 0 Å². The Labute approximate surface area is 128 Å². The number of thioether (sulfide) groups is 1. The molecule has 4 nitrogen and oxygen atoms in total. The fourth-order valence-electron chi connectivity index (χ4n) is 2.43. The average molecular weight is 299 g/mol. The van der Waals surface area contributed by atoms with Gasteiger partial charge in [-0.25, -0.2) is 9.98 Å². The van der Waals surface area contributed by atoms with E-state index < -0.39 is 5.72 Å². The summed E-state index contributed by atoms with van der Waals surface area (Å²) in [5, 5.41) is 11.9. The molecule has 108 valence electrons. The minimum absolute atomic E-state index is 0.566. The summed E-state index contributed by atoms with van der Waals surface area (Å²) >= 11 is 1.56. The van der Waals surface area contributed by atoms with Crippen molar-refractivity contribution in [3.8, 4) is 0 Å². The first-order chi connectivity index (χ1) is 10.2. The topological polar surface area (TPSA) is 48.7 Å². The molecule has 3 rings (SSSR count). The summed E-state index contributed by atoms with van der Waals surface area (Å²) in [7, 11) is 0. The summed E-state index contributed by atoms with van der Waals surface area (Å²) in [6.45, 7) is 2.71. The van der Waals surface area contributed by atoms with Gasteiger partial charge in [0.05, 0.1) is 5.75 Å². The number of aliphatic hydroxyl groups is 1. The molecule has 5 heteroatoms. The average Bonchev–Trinajstić information content (AvgIpc) is 2.86. The van der Waals surface area contributed by atoms with Crippen molar-refractivity contribution >= 4 is 22.7 Å². The highest BCUT2D eigenvalue weighted by Gasteiger charge is 2.43. The molecule has 21 heavy (non-hydrogen) atoms. The Morgan fingerprint density at radius 3 is 2.67 bits per heavy atom. The Morgan fingerprint density at radius 2 is 2.00 bits per heavy atom. The second kappa shape index (κ2) is 5.87. The third-order valence-electron chi connectivity index (χ3n) is 3.49. The Balaban J connectivity index is 1.95. The molecule has 1 aromatic carbocycles. The molecular formula is C16H17N3OS. The van der Waals surface area contributed by atoms with Crippen molar-refractivity contribution in [2.24, 2.45) is 4.99 Å². The van der Waals surface area contributed by atoms with Gasteiger partial charge >= 0.3 is 0 Å². The van der Waals surface area contributed by atoms with Crippen LogP contribution in [0.15, 0.2) is 59.7 Å². The summed E-state index contributed by atoms with van der Waals surface area (Å²) in [6.07, 6.45) is 1.72. The van der Waals surface area contributed by atoms with Crippen LogP contribution < -0.4 is 0 Å². The molecule has 1 unspecified atom stereocenters. The quantitative estimate of drug-likeness (QED) is 0.946. The Hall–Kier alpha value is -1.85. The van der Waals surface area contributed by atoms with Crippen LogP contribution in [-0.2, 0) is 5.72 Å². The van der Waals surface area contributed by atoms with Crippen LogP contribution in [0, 0.1) is 0 Å². The van der Waals surface area contributed by atoms with Gasteiger partial charge in [-0.3, -0.25) is 0 Å². The van der Waals surface area contributed by atoms with Gasteiger partial charge in [0.15, 0.2) is 16.7 Å². The molecule has 1 fully saturated rings. The molecule has 0 saturated carbocycles. The molecular weight excluding hydrogens is 282 g/mol. The normalized spacial score (nSPS) is 23.7. The summed E-state index contributed by atoms with van der Waals surface area (Å²) in [5.41, 5.74) is -0.112. The molecule has 1 aliphatic rings. The van der Waals surface area contributed by atoms with Gasteiger partial charge in [0, 0.05) is 18.3 Å². The van der Waals surface area contributed by atoms with Gasteiger partial charge in [-0.05, 0) is 19.1 Å². The Bertz CT molecular complexity index is 632. The third kappa shape index (κ3) is 2.66. The first-order valence-electron chi connectivity index (χ1n) is 6.92. The molecule has 1 N–H and O–H groups in total. The highest BCUT2D eigenvalue weighted by atomic mass is 32.2. The van der Waals surface area contributed by atoms with Crippen LogP contribution in [0.4, 0.5) is 5.82 Å². The molecule has 1 saturated heterocycles. The first kappa shape index (κ1) is 14.1. The standard InChI is InChI=1S/C16H17N3OS/c1-2-19-15(18-14-10-6-7-11-17-14)21-12-16(19,20)13-8-4-3-5-9-13/h3-11,20H,2,12H2,1H3. The van der Waals surface area contributed by atoms with Gasteiger partial charge < -0.3 is 10.0 Å². The molecule has 1 aliphatic heterocycles. The number of aromatic nitrogens is 1. The molecule has 0 bridgehead atoms. The molecule has 2 aromatic rings. The van der Waals surface area contributed by atoms with E-state index in [9.17, 15) is 5.11 Å². The number of rotatable bonds is 3. The van der Waals surface area contributed by atoms with E-state index in [1.165, 1.54) is 0 Å². The second-order valence-electron chi connectivity index (χ2n) is 4.80. The van der Waals surface area contributed by atoms with Crippen molar-refractivity contribution in [1.29, 1.82) is 0 Å². The number of amidine groups is 1. The SMILES string of the molecule is CCN1C(=Nc2ccccn2)SCC1(O)c1ccccc1. The number of nitrogens with zero attached hydrogens (tertiary/aromatic N) is 3. The third-order valence-corrected chi connectivity index (χ3v) is 4.61. The monoisotopic (exact) mass is 299 g/mol. The molecule has 0 amide bonds. The van der Waals surface area contributed by atoms with Gasteiger partial charge in [0.1, 0.15) is 0 Å². The van der Waals surface area contributed by atoms with E-state index in [1.807, 2.05) is 60.4 Å². The predicted molar refractivity (Wildman–Crippen MR) is 86.5 cm³/mol. The fraction of sp³-hybridized carbons (Fsp3) is 0.250. The van der Waals surface area contributed by atoms with Crippen LogP contribution in [0.25, 0.3) is 0 Å². The maximum atomic E-state index is 11.1. The van der Waals surface area contributed by atoms with Crippen LogP contribution in [0.1, 0.15) is 12.5 Å². The molecule has 2 heterocycles. The van der Waals surface area contributed by atoms with Crippen LogP contribution in [0.5, 0.6) is 0 Å². The zero-order valence-electron chi connectivity index (χ0n) is 11.8. The van der Waals surface area contributed by atoms with Gasteiger partial charge in [-0.1, -0.05) is 48.2 Å². The van der Waals surface area contributed by atoms with Crippen molar-refractivity contribution in [2.45, 2.75) is 12.6 Å². The maximum Gasteiger partial charge on any atom is 0.175 e. The lowest BCUT2D eigenvalue weighted by Crippen LogP contribution is -2.44.